The van der Waals surface area contributed by atoms with E-state index in [1.54, 1.807) is 38.1 Å². The summed E-state index contributed by atoms with van der Waals surface area (Å²) in [5.41, 5.74) is 3.35. The predicted octanol–water partition coefficient (Wildman–Crippen LogP) is 3.49. The van der Waals surface area contributed by atoms with Crippen LogP contribution < -0.4 is 9.44 Å². The monoisotopic (exact) mass is 450 g/mol. The minimum absolute atomic E-state index is 0.186. The van der Waals surface area contributed by atoms with Crippen LogP contribution in [0.1, 0.15) is 47.9 Å². The molecule has 1 aliphatic rings. The molecule has 0 aliphatic heterocycles. The number of rotatable bonds is 6. The van der Waals surface area contributed by atoms with Crippen molar-refractivity contribution in [2.24, 2.45) is 0 Å². The van der Waals surface area contributed by atoms with E-state index in [1.807, 2.05) is 26.0 Å². The van der Waals surface area contributed by atoms with E-state index in [0.717, 1.165) is 24.0 Å². The van der Waals surface area contributed by atoms with E-state index in [9.17, 15) is 16.8 Å². The lowest BCUT2D eigenvalue weighted by Crippen LogP contribution is -2.53. The van der Waals surface area contributed by atoms with E-state index in [4.69, 9.17) is 0 Å². The first kappa shape index (κ1) is 22.9. The van der Waals surface area contributed by atoms with Crippen LogP contribution in [0.2, 0.25) is 0 Å². The molecule has 0 bridgehead atoms. The van der Waals surface area contributed by atoms with Gasteiger partial charge in [0.2, 0.25) is 20.0 Å². The Morgan fingerprint density at radius 2 is 1.17 bits per heavy atom. The maximum Gasteiger partial charge on any atom is 0.241 e. The maximum absolute atomic E-state index is 13.2. The number of hydrogen-bond donors (Lipinski definition) is 2. The Bertz CT molecular complexity index is 1100. The average molecular weight is 451 g/mol. The van der Waals surface area contributed by atoms with Crippen LogP contribution in [0.5, 0.6) is 0 Å². The molecule has 2 aromatic carbocycles. The molecule has 2 atom stereocenters. The minimum Gasteiger partial charge on any atom is -0.207 e. The van der Waals surface area contributed by atoms with Crippen molar-refractivity contribution in [1.29, 1.82) is 0 Å². The molecule has 1 aliphatic carbocycles. The van der Waals surface area contributed by atoms with Crippen molar-refractivity contribution >= 4 is 20.0 Å². The normalized spacial score (nSPS) is 20.3. The van der Waals surface area contributed by atoms with Gasteiger partial charge in [-0.05, 0) is 63.8 Å². The summed E-state index contributed by atoms with van der Waals surface area (Å²) in [5.74, 6) is 0. The van der Waals surface area contributed by atoms with E-state index in [1.165, 1.54) is 0 Å². The molecule has 0 radical (unpaired) electrons. The van der Waals surface area contributed by atoms with Crippen LogP contribution >= 0.6 is 0 Å². The van der Waals surface area contributed by atoms with Crippen LogP contribution in [0.25, 0.3) is 0 Å². The third kappa shape index (κ3) is 5.11. The third-order valence-corrected chi connectivity index (χ3v) is 8.88. The summed E-state index contributed by atoms with van der Waals surface area (Å²) in [4.78, 5) is 0.462. The molecule has 1 saturated carbocycles. The van der Waals surface area contributed by atoms with Gasteiger partial charge < -0.3 is 0 Å². The Balaban J connectivity index is 1.85. The van der Waals surface area contributed by atoms with Gasteiger partial charge in [0.25, 0.3) is 0 Å². The molecule has 0 spiro atoms. The Hall–Kier alpha value is -1.74. The molecule has 8 heteroatoms. The highest BCUT2D eigenvalue weighted by Crippen LogP contribution is 2.26. The van der Waals surface area contributed by atoms with E-state index in [0.29, 0.717) is 24.0 Å². The second-order valence-corrected chi connectivity index (χ2v) is 11.6. The van der Waals surface area contributed by atoms with Crippen molar-refractivity contribution in [3.8, 4) is 0 Å². The summed E-state index contributed by atoms with van der Waals surface area (Å²) in [6, 6.07) is 9.34. The van der Waals surface area contributed by atoms with E-state index in [-0.39, 0.29) is 9.79 Å². The molecule has 2 N–H and O–H groups in total. The molecule has 2 aromatic rings. The fraction of sp³-hybridized carbons (Fsp3) is 0.455. The van der Waals surface area contributed by atoms with Gasteiger partial charge >= 0.3 is 0 Å². The first-order chi connectivity index (χ1) is 14.0. The van der Waals surface area contributed by atoms with Crippen LogP contribution in [0.3, 0.4) is 0 Å². The van der Waals surface area contributed by atoms with Crippen LogP contribution in [0.15, 0.2) is 46.2 Å². The van der Waals surface area contributed by atoms with Crippen molar-refractivity contribution in [3.63, 3.8) is 0 Å². The number of nitrogens with one attached hydrogen (secondary N) is 2. The van der Waals surface area contributed by atoms with Gasteiger partial charge in [-0.25, -0.2) is 26.3 Å². The smallest absolute Gasteiger partial charge is 0.207 e. The number of aryl methyl sites for hydroxylation is 4. The maximum atomic E-state index is 13.2. The molecule has 164 valence electrons. The highest BCUT2D eigenvalue weighted by Gasteiger charge is 2.33. The van der Waals surface area contributed by atoms with Crippen LogP contribution in [0, 0.1) is 27.7 Å². The molecule has 0 aromatic heterocycles. The van der Waals surface area contributed by atoms with Crippen molar-refractivity contribution in [2.75, 3.05) is 0 Å². The van der Waals surface area contributed by atoms with Gasteiger partial charge in [-0.15, -0.1) is 0 Å². The second kappa shape index (κ2) is 8.78. The summed E-state index contributed by atoms with van der Waals surface area (Å²) in [6.07, 6.45) is 2.87. The number of hydrogen-bond acceptors (Lipinski definition) is 4. The zero-order chi connectivity index (χ0) is 22.1. The standard InChI is InChI=1S/C22H30N2O4S2/c1-15-9-11-19(12-10-15)29(25,26)23-20-7-5-6-8-21(20)24-30(27,28)22-17(3)13-16(2)14-18(22)4/h9-14,20-21,23-24H,5-8H2,1-4H3/t20-,21-/m0/s1. The lowest BCUT2D eigenvalue weighted by molar-refractivity contribution is 0.340. The van der Waals surface area contributed by atoms with Crippen molar-refractivity contribution in [2.45, 2.75) is 75.3 Å². The summed E-state index contributed by atoms with van der Waals surface area (Å²) < 4.78 is 57.6. The SMILES string of the molecule is Cc1ccc(S(=O)(=O)N[C@H]2CCCC[C@@H]2NS(=O)(=O)c2c(C)cc(C)cc2C)cc1. The summed E-state index contributed by atoms with van der Waals surface area (Å²) in [6.45, 7) is 7.39. The molecular formula is C22H30N2O4S2. The van der Waals surface area contributed by atoms with Crippen LogP contribution in [-0.2, 0) is 20.0 Å². The van der Waals surface area contributed by atoms with Gasteiger partial charge in [-0.3, -0.25) is 0 Å². The first-order valence-corrected chi connectivity index (χ1v) is 13.2. The lowest BCUT2D eigenvalue weighted by Gasteiger charge is -2.32. The van der Waals surface area contributed by atoms with Crippen LogP contribution in [0.4, 0.5) is 0 Å². The quantitative estimate of drug-likeness (QED) is 0.705. The molecule has 0 heterocycles. The summed E-state index contributed by atoms with van der Waals surface area (Å²) in [5, 5.41) is 0. The second-order valence-electron chi connectivity index (χ2n) is 8.28. The van der Waals surface area contributed by atoms with Gasteiger partial charge in [0.15, 0.2) is 0 Å². The van der Waals surface area contributed by atoms with Gasteiger partial charge in [0, 0.05) is 12.1 Å². The fourth-order valence-corrected chi connectivity index (χ4v) is 7.32. The minimum atomic E-state index is -3.78. The molecule has 30 heavy (non-hydrogen) atoms. The van der Waals surface area contributed by atoms with Gasteiger partial charge in [0.1, 0.15) is 0 Å². The van der Waals surface area contributed by atoms with E-state index >= 15 is 0 Å². The Morgan fingerprint density at radius 3 is 1.67 bits per heavy atom. The highest BCUT2D eigenvalue weighted by molar-refractivity contribution is 7.90. The Morgan fingerprint density at radius 1 is 0.700 bits per heavy atom. The highest BCUT2D eigenvalue weighted by atomic mass is 32.2. The largest absolute Gasteiger partial charge is 0.241 e. The summed E-state index contributed by atoms with van der Waals surface area (Å²) >= 11 is 0. The van der Waals surface area contributed by atoms with Gasteiger partial charge in [-0.1, -0.05) is 48.2 Å². The summed E-state index contributed by atoms with van der Waals surface area (Å²) in [7, 11) is -7.52. The topological polar surface area (TPSA) is 92.3 Å². The van der Waals surface area contributed by atoms with E-state index < -0.39 is 32.1 Å². The molecular weight excluding hydrogens is 420 g/mol. The van der Waals surface area contributed by atoms with E-state index in [2.05, 4.69) is 9.44 Å². The molecule has 3 rings (SSSR count). The zero-order valence-corrected chi connectivity index (χ0v) is 19.5. The molecule has 0 amide bonds. The molecule has 6 nitrogen and oxygen atoms in total. The van der Waals surface area contributed by atoms with Gasteiger partial charge in [0.05, 0.1) is 9.79 Å². The fourth-order valence-electron chi connectivity index (χ4n) is 4.25. The molecule has 1 fully saturated rings. The Labute approximate surface area is 180 Å². The van der Waals surface area contributed by atoms with Crippen molar-refractivity contribution < 1.29 is 16.8 Å². The van der Waals surface area contributed by atoms with Crippen molar-refractivity contribution in [3.05, 3.63) is 58.7 Å². The molecule has 0 saturated heterocycles. The number of benzene rings is 2. The van der Waals surface area contributed by atoms with Gasteiger partial charge in [-0.2, -0.15) is 0 Å². The first-order valence-electron chi connectivity index (χ1n) is 10.2. The third-order valence-electron chi connectivity index (χ3n) is 5.58. The molecule has 0 unspecified atom stereocenters. The lowest BCUT2D eigenvalue weighted by atomic mass is 9.92. The van der Waals surface area contributed by atoms with Crippen LogP contribution in [-0.4, -0.2) is 28.9 Å². The Kier molecular flexibility index (Phi) is 6.72. The predicted molar refractivity (Wildman–Crippen MR) is 119 cm³/mol. The average Bonchev–Trinajstić information content (AvgIpc) is 2.62. The number of sulfonamides is 2. The van der Waals surface area contributed by atoms with Crippen molar-refractivity contribution in [1.82, 2.24) is 9.44 Å². The zero-order valence-electron chi connectivity index (χ0n) is 17.9.